The molecule has 4 nitrogen and oxygen atoms in total. The minimum Gasteiger partial charge on any atom is -0.490 e. The Hall–Kier alpha value is -2.27. The summed E-state index contributed by atoms with van der Waals surface area (Å²) in [5, 5.41) is 0. The molecule has 0 bridgehead atoms. The number of hydrogen-bond donors (Lipinski definition) is 0. The van der Waals surface area contributed by atoms with Gasteiger partial charge in [-0.2, -0.15) is 0 Å². The van der Waals surface area contributed by atoms with Crippen molar-refractivity contribution in [1.82, 2.24) is 0 Å². The summed E-state index contributed by atoms with van der Waals surface area (Å²) in [7, 11) is 0. The third kappa shape index (κ3) is 4.41. The highest BCUT2D eigenvalue weighted by Gasteiger charge is 2.33. The lowest BCUT2D eigenvalue weighted by Crippen LogP contribution is -2.27. The zero-order chi connectivity index (χ0) is 20.1. The van der Waals surface area contributed by atoms with Crippen molar-refractivity contribution in [3.8, 4) is 23.8 Å². The molecule has 0 aromatic heterocycles. The molecular formula is C21H16BrNO3S2. The Morgan fingerprint density at radius 1 is 1.29 bits per heavy atom. The zero-order valence-corrected chi connectivity index (χ0v) is 18.2. The molecule has 0 unspecified atom stereocenters. The zero-order valence-electron chi connectivity index (χ0n) is 15.0. The monoisotopic (exact) mass is 473 g/mol. The average molecular weight is 474 g/mol. The summed E-state index contributed by atoms with van der Waals surface area (Å²) in [5.41, 5.74) is 1.54. The van der Waals surface area contributed by atoms with Gasteiger partial charge in [0.2, 0.25) is 0 Å². The first-order valence-electron chi connectivity index (χ1n) is 8.40. The van der Waals surface area contributed by atoms with Gasteiger partial charge in [0.1, 0.15) is 6.61 Å². The maximum absolute atomic E-state index is 12.9. The van der Waals surface area contributed by atoms with E-state index in [2.05, 4.69) is 21.9 Å². The molecule has 2 aromatic rings. The van der Waals surface area contributed by atoms with Crippen LogP contribution in [0.3, 0.4) is 0 Å². The van der Waals surface area contributed by atoms with E-state index < -0.39 is 0 Å². The number of anilines is 1. The number of rotatable bonds is 6. The Labute approximate surface area is 182 Å². The molecule has 28 heavy (non-hydrogen) atoms. The Morgan fingerprint density at radius 2 is 2.04 bits per heavy atom. The highest BCUT2D eigenvalue weighted by atomic mass is 79.9. The molecule has 0 radical (unpaired) electrons. The van der Waals surface area contributed by atoms with Crippen LogP contribution in [0.4, 0.5) is 5.69 Å². The van der Waals surface area contributed by atoms with Crippen molar-refractivity contribution < 1.29 is 14.3 Å². The van der Waals surface area contributed by atoms with Gasteiger partial charge in [0.05, 0.1) is 21.7 Å². The number of terminal acetylenes is 1. The Morgan fingerprint density at radius 3 is 2.71 bits per heavy atom. The molecule has 7 heteroatoms. The van der Waals surface area contributed by atoms with E-state index in [0.29, 0.717) is 31.8 Å². The van der Waals surface area contributed by atoms with Crippen molar-refractivity contribution >= 4 is 61.9 Å². The summed E-state index contributed by atoms with van der Waals surface area (Å²) in [6, 6.07) is 13.0. The van der Waals surface area contributed by atoms with E-state index in [4.69, 9.17) is 28.1 Å². The molecule has 0 saturated carbocycles. The number of ether oxygens (including phenoxy) is 2. The van der Waals surface area contributed by atoms with Crippen molar-refractivity contribution in [2.24, 2.45) is 0 Å². The third-order valence-corrected chi connectivity index (χ3v) is 5.63. The number of thioether (sulfide) groups is 1. The number of amides is 1. The molecule has 1 aliphatic rings. The van der Waals surface area contributed by atoms with E-state index in [9.17, 15) is 4.79 Å². The van der Waals surface area contributed by atoms with Crippen molar-refractivity contribution in [2.75, 3.05) is 18.1 Å². The Balaban J connectivity index is 1.94. The van der Waals surface area contributed by atoms with Crippen LogP contribution in [0.5, 0.6) is 11.5 Å². The fraction of sp³-hybridized carbons (Fsp3) is 0.143. The number of carbonyl (C=O) groups excluding carboxylic acids is 1. The molecule has 1 heterocycles. The van der Waals surface area contributed by atoms with E-state index in [1.54, 1.807) is 6.08 Å². The van der Waals surface area contributed by atoms with Crippen LogP contribution in [0.25, 0.3) is 6.08 Å². The average Bonchev–Trinajstić information content (AvgIpc) is 2.95. The van der Waals surface area contributed by atoms with Crippen LogP contribution >= 0.6 is 39.9 Å². The van der Waals surface area contributed by atoms with Gasteiger partial charge in [-0.3, -0.25) is 9.69 Å². The first-order valence-corrected chi connectivity index (χ1v) is 10.4. The van der Waals surface area contributed by atoms with E-state index in [1.807, 2.05) is 49.4 Å². The predicted octanol–water partition coefficient (Wildman–Crippen LogP) is 5.27. The molecule has 142 valence electrons. The maximum atomic E-state index is 12.9. The van der Waals surface area contributed by atoms with Crippen LogP contribution in [0.1, 0.15) is 12.5 Å². The second kappa shape index (κ2) is 9.28. The summed E-state index contributed by atoms with van der Waals surface area (Å²) < 4.78 is 12.4. The quantitative estimate of drug-likeness (QED) is 0.324. The van der Waals surface area contributed by atoms with Crippen LogP contribution in [0, 0.1) is 12.3 Å². The highest BCUT2D eigenvalue weighted by molar-refractivity contribution is 9.10. The van der Waals surface area contributed by atoms with Gasteiger partial charge in [-0.1, -0.05) is 48.1 Å². The van der Waals surface area contributed by atoms with Gasteiger partial charge in [0.15, 0.2) is 15.8 Å². The second-order valence-electron chi connectivity index (χ2n) is 5.61. The second-order valence-corrected chi connectivity index (χ2v) is 8.14. The van der Waals surface area contributed by atoms with E-state index >= 15 is 0 Å². The van der Waals surface area contributed by atoms with Crippen LogP contribution in [0.2, 0.25) is 0 Å². The van der Waals surface area contributed by atoms with E-state index in [1.165, 1.54) is 16.7 Å². The third-order valence-electron chi connectivity index (χ3n) is 3.74. The molecule has 2 aromatic carbocycles. The van der Waals surface area contributed by atoms with Crippen molar-refractivity contribution in [3.05, 3.63) is 57.4 Å². The molecule has 0 spiro atoms. The molecule has 1 fully saturated rings. The van der Waals surface area contributed by atoms with Gasteiger partial charge in [0, 0.05) is 0 Å². The number of halogens is 1. The first-order chi connectivity index (χ1) is 13.5. The first kappa shape index (κ1) is 20.5. The topological polar surface area (TPSA) is 38.8 Å². The summed E-state index contributed by atoms with van der Waals surface area (Å²) in [6.45, 7) is 2.49. The molecule has 0 aliphatic carbocycles. The van der Waals surface area contributed by atoms with Crippen LogP contribution in [-0.2, 0) is 4.79 Å². The molecule has 0 atom stereocenters. The molecular weight excluding hydrogens is 458 g/mol. The Bertz CT molecular complexity index is 983. The number of hydrogen-bond acceptors (Lipinski definition) is 5. The molecule has 0 N–H and O–H groups in total. The summed E-state index contributed by atoms with van der Waals surface area (Å²) >= 11 is 10.2. The maximum Gasteiger partial charge on any atom is 0.270 e. The molecule has 1 amide bonds. The minimum absolute atomic E-state index is 0.133. The fourth-order valence-electron chi connectivity index (χ4n) is 2.61. The number of thiocarbonyl (C=S) groups is 1. The predicted molar refractivity (Wildman–Crippen MR) is 122 cm³/mol. The standard InChI is InChI=1S/C21H16BrNO3S2/c1-3-10-26-19-16(22)11-14(12-17(19)25-4-2)13-18-20(24)23(21(27)28-18)15-8-6-5-7-9-15/h1,5-9,11-13H,4,10H2,2H3/b18-13+. The smallest absolute Gasteiger partial charge is 0.270 e. The normalized spacial score (nSPS) is 15.0. The van der Waals surface area contributed by atoms with E-state index in [0.717, 1.165) is 11.3 Å². The molecule has 1 saturated heterocycles. The SMILES string of the molecule is C#CCOc1c(Br)cc(/C=C2/SC(=S)N(c3ccccc3)C2=O)cc1OCC. The van der Waals surface area contributed by atoms with Gasteiger partial charge in [-0.05, 0) is 58.8 Å². The fourth-order valence-corrected chi connectivity index (χ4v) is 4.48. The van der Waals surface area contributed by atoms with Gasteiger partial charge in [0.25, 0.3) is 5.91 Å². The largest absolute Gasteiger partial charge is 0.490 e. The van der Waals surface area contributed by atoms with Crippen LogP contribution < -0.4 is 14.4 Å². The van der Waals surface area contributed by atoms with E-state index in [-0.39, 0.29) is 12.5 Å². The van der Waals surface area contributed by atoms with Gasteiger partial charge < -0.3 is 9.47 Å². The van der Waals surface area contributed by atoms with Crippen LogP contribution in [-0.4, -0.2) is 23.4 Å². The number of nitrogens with zero attached hydrogens (tertiary/aromatic N) is 1. The van der Waals surface area contributed by atoms with Crippen molar-refractivity contribution in [1.29, 1.82) is 0 Å². The summed E-state index contributed by atoms with van der Waals surface area (Å²) in [5.74, 6) is 3.38. The number of benzene rings is 2. The lowest BCUT2D eigenvalue weighted by atomic mass is 10.1. The summed E-state index contributed by atoms with van der Waals surface area (Å²) in [6.07, 6.45) is 7.07. The number of para-hydroxylation sites is 1. The Kier molecular flexibility index (Phi) is 6.79. The highest BCUT2D eigenvalue weighted by Crippen LogP contribution is 2.40. The minimum atomic E-state index is -0.150. The van der Waals surface area contributed by atoms with Crippen molar-refractivity contribution in [3.63, 3.8) is 0 Å². The molecule has 3 rings (SSSR count). The molecule has 1 aliphatic heterocycles. The van der Waals surface area contributed by atoms with Gasteiger partial charge >= 0.3 is 0 Å². The lowest BCUT2D eigenvalue weighted by Gasteiger charge is -2.14. The summed E-state index contributed by atoms with van der Waals surface area (Å²) in [4.78, 5) is 15.0. The lowest BCUT2D eigenvalue weighted by molar-refractivity contribution is -0.113. The van der Waals surface area contributed by atoms with Gasteiger partial charge in [-0.25, -0.2) is 0 Å². The van der Waals surface area contributed by atoms with Crippen molar-refractivity contribution in [2.45, 2.75) is 6.92 Å². The van der Waals surface area contributed by atoms with Gasteiger partial charge in [-0.15, -0.1) is 6.42 Å². The number of carbonyl (C=O) groups is 1. The van der Waals surface area contributed by atoms with Crippen LogP contribution in [0.15, 0.2) is 51.8 Å².